The summed E-state index contributed by atoms with van der Waals surface area (Å²) in [5, 5.41) is 3.17. The summed E-state index contributed by atoms with van der Waals surface area (Å²) in [4.78, 5) is 27.0. The standard InChI is InChI=1S/C24H29FN4OS/c1-3-29(4-2)24-27-15-23(31-24)17-5-6-18-14-26-21(12-19(18)11-17)13-22(30)16-28-9-7-20(25)8-10-28/h5-6,11-12,14-15,20H,3-4,7-10,13,16H2,1-2H3. The zero-order valence-electron chi connectivity index (χ0n) is 18.2. The number of carbonyl (C=O) groups excluding carboxylic acids is 1. The van der Waals surface area contributed by atoms with Crippen LogP contribution in [0.1, 0.15) is 32.4 Å². The van der Waals surface area contributed by atoms with Gasteiger partial charge in [0.25, 0.3) is 0 Å². The van der Waals surface area contributed by atoms with E-state index in [1.54, 1.807) is 11.3 Å². The summed E-state index contributed by atoms with van der Waals surface area (Å²) in [6.45, 7) is 7.85. The lowest BCUT2D eigenvalue weighted by atomic mass is 10.1. The number of rotatable bonds is 8. The molecule has 0 amide bonds. The number of ketones is 1. The molecule has 3 heterocycles. The number of benzene rings is 1. The van der Waals surface area contributed by atoms with E-state index < -0.39 is 6.17 Å². The van der Waals surface area contributed by atoms with Crippen molar-refractivity contribution in [2.24, 2.45) is 0 Å². The molecule has 0 bridgehead atoms. The molecule has 7 heteroatoms. The zero-order chi connectivity index (χ0) is 21.8. The van der Waals surface area contributed by atoms with E-state index >= 15 is 0 Å². The summed E-state index contributed by atoms with van der Waals surface area (Å²) < 4.78 is 13.3. The molecule has 0 saturated carbocycles. The number of piperidine rings is 1. The van der Waals surface area contributed by atoms with Crippen LogP contribution in [0.15, 0.2) is 36.7 Å². The number of fused-ring (bicyclic) bond motifs is 1. The van der Waals surface area contributed by atoms with Crippen molar-refractivity contribution < 1.29 is 9.18 Å². The molecular weight excluding hydrogens is 411 g/mol. The highest BCUT2D eigenvalue weighted by Gasteiger charge is 2.20. The van der Waals surface area contributed by atoms with E-state index in [2.05, 4.69) is 51.8 Å². The van der Waals surface area contributed by atoms with Gasteiger partial charge >= 0.3 is 0 Å². The summed E-state index contributed by atoms with van der Waals surface area (Å²) in [5.41, 5.74) is 1.91. The van der Waals surface area contributed by atoms with Crippen LogP contribution >= 0.6 is 11.3 Å². The van der Waals surface area contributed by atoms with Gasteiger partial charge in [-0.25, -0.2) is 9.37 Å². The van der Waals surface area contributed by atoms with Crippen LogP contribution in [0.2, 0.25) is 0 Å². The number of aromatic nitrogens is 2. The number of likely N-dealkylation sites (tertiary alicyclic amines) is 1. The molecule has 1 fully saturated rings. The quantitative estimate of drug-likeness (QED) is 0.506. The minimum absolute atomic E-state index is 0.131. The molecule has 0 aliphatic carbocycles. The lowest BCUT2D eigenvalue weighted by Gasteiger charge is -2.27. The summed E-state index contributed by atoms with van der Waals surface area (Å²) in [6, 6.07) is 8.33. The number of halogens is 1. The first-order chi connectivity index (χ1) is 15.1. The summed E-state index contributed by atoms with van der Waals surface area (Å²) in [7, 11) is 0. The average molecular weight is 441 g/mol. The number of hydrogen-bond acceptors (Lipinski definition) is 6. The first kappa shape index (κ1) is 21.8. The van der Waals surface area contributed by atoms with Crippen molar-refractivity contribution in [3.63, 3.8) is 0 Å². The van der Waals surface area contributed by atoms with Crippen molar-refractivity contribution in [1.29, 1.82) is 0 Å². The van der Waals surface area contributed by atoms with Crippen molar-refractivity contribution in [3.8, 4) is 10.4 Å². The third kappa shape index (κ3) is 5.28. The van der Waals surface area contributed by atoms with Gasteiger partial charge in [0, 0.05) is 49.7 Å². The van der Waals surface area contributed by atoms with Gasteiger partial charge in [-0.05, 0) is 49.8 Å². The van der Waals surface area contributed by atoms with Crippen LogP contribution in [-0.2, 0) is 11.2 Å². The molecule has 1 aromatic carbocycles. The van der Waals surface area contributed by atoms with E-state index in [-0.39, 0.29) is 5.78 Å². The maximum absolute atomic E-state index is 13.3. The molecule has 0 unspecified atom stereocenters. The SMILES string of the molecule is CCN(CC)c1ncc(-c2ccc3cnc(CC(=O)CN4CCC(F)CC4)cc3c2)s1. The molecule has 1 aliphatic heterocycles. The number of pyridine rings is 1. The van der Waals surface area contributed by atoms with Gasteiger partial charge in [0.2, 0.25) is 0 Å². The molecule has 5 nitrogen and oxygen atoms in total. The van der Waals surface area contributed by atoms with Gasteiger partial charge in [-0.1, -0.05) is 23.5 Å². The van der Waals surface area contributed by atoms with Gasteiger partial charge in [0.1, 0.15) is 6.17 Å². The number of Topliss-reactive ketones (excluding diaryl/α,β-unsaturated/α-hetero) is 1. The van der Waals surface area contributed by atoms with Gasteiger partial charge < -0.3 is 4.90 Å². The molecule has 0 N–H and O–H groups in total. The molecule has 0 atom stereocenters. The Kier molecular flexibility index (Phi) is 6.92. The minimum Gasteiger partial charge on any atom is -0.349 e. The summed E-state index contributed by atoms with van der Waals surface area (Å²) >= 11 is 1.70. The Balaban J connectivity index is 1.48. The third-order valence-electron chi connectivity index (χ3n) is 5.89. The Morgan fingerprint density at radius 1 is 1.13 bits per heavy atom. The molecule has 31 heavy (non-hydrogen) atoms. The number of carbonyl (C=O) groups is 1. The van der Waals surface area contributed by atoms with Gasteiger partial charge in [-0.3, -0.25) is 14.7 Å². The Bertz CT molecular complexity index is 1040. The van der Waals surface area contributed by atoms with E-state index in [9.17, 15) is 9.18 Å². The van der Waals surface area contributed by atoms with E-state index in [0.717, 1.165) is 45.1 Å². The molecule has 4 rings (SSSR count). The predicted octanol–water partition coefficient (Wildman–Crippen LogP) is 4.75. The van der Waals surface area contributed by atoms with Crippen molar-refractivity contribution in [1.82, 2.24) is 14.9 Å². The lowest BCUT2D eigenvalue weighted by molar-refractivity contribution is -0.120. The minimum atomic E-state index is -0.718. The molecule has 0 radical (unpaired) electrons. The molecule has 0 spiro atoms. The Morgan fingerprint density at radius 3 is 2.65 bits per heavy atom. The van der Waals surface area contributed by atoms with E-state index in [1.165, 1.54) is 0 Å². The average Bonchev–Trinajstić information content (AvgIpc) is 3.26. The molecule has 1 aliphatic rings. The maximum atomic E-state index is 13.3. The second-order valence-corrected chi connectivity index (χ2v) is 9.09. The monoisotopic (exact) mass is 440 g/mol. The van der Waals surface area contributed by atoms with Crippen molar-refractivity contribution in [3.05, 3.63) is 42.4 Å². The second-order valence-electron chi connectivity index (χ2n) is 8.08. The molecule has 1 saturated heterocycles. The fourth-order valence-corrected chi connectivity index (χ4v) is 5.08. The van der Waals surface area contributed by atoms with E-state index in [0.29, 0.717) is 38.9 Å². The maximum Gasteiger partial charge on any atom is 0.185 e. The topological polar surface area (TPSA) is 49.3 Å². The Labute approximate surface area is 186 Å². The fourth-order valence-electron chi connectivity index (χ4n) is 4.04. The van der Waals surface area contributed by atoms with Crippen LogP contribution in [0, 0.1) is 0 Å². The highest BCUT2D eigenvalue weighted by Crippen LogP contribution is 2.32. The molecule has 2 aromatic heterocycles. The third-order valence-corrected chi connectivity index (χ3v) is 6.99. The van der Waals surface area contributed by atoms with Crippen molar-refractivity contribution >= 4 is 33.0 Å². The van der Waals surface area contributed by atoms with Crippen LogP contribution < -0.4 is 4.90 Å². The predicted molar refractivity (Wildman–Crippen MR) is 126 cm³/mol. The van der Waals surface area contributed by atoms with Gasteiger partial charge in [0.05, 0.1) is 17.8 Å². The Hall–Kier alpha value is -2.38. The number of alkyl halides is 1. The fraction of sp³-hybridized carbons (Fsp3) is 0.458. The number of hydrogen-bond donors (Lipinski definition) is 0. The number of nitrogens with zero attached hydrogens (tertiary/aromatic N) is 4. The Morgan fingerprint density at radius 2 is 1.90 bits per heavy atom. The number of thiazole rings is 1. The largest absolute Gasteiger partial charge is 0.349 e. The van der Waals surface area contributed by atoms with Crippen molar-refractivity contribution in [2.75, 3.05) is 37.6 Å². The molecular formula is C24H29FN4OS. The van der Waals surface area contributed by atoms with Crippen LogP contribution in [0.4, 0.5) is 9.52 Å². The van der Waals surface area contributed by atoms with Gasteiger partial charge in [-0.15, -0.1) is 0 Å². The van der Waals surface area contributed by atoms with Gasteiger partial charge in [0.15, 0.2) is 10.9 Å². The van der Waals surface area contributed by atoms with E-state index in [1.807, 2.05) is 18.5 Å². The first-order valence-electron chi connectivity index (χ1n) is 11.0. The van der Waals surface area contributed by atoms with Crippen LogP contribution in [0.3, 0.4) is 0 Å². The molecule has 3 aromatic rings. The zero-order valence-corrected chi connectivity index (χ0v) is 19.0. The van der Waals surface area contributed by atoms with Gasteiger partial charge in [-0.2, -0.15) is 0 Å². The summed E-state index contributed by atoms with van der Waals surface area (Å²) in [5.74, 6) is 0.131. The van der Waals surface area contributed by atoms with Crippen LogP contribution in [0.5, 0.6) is 0 Å². The normalized spacial score (nSPS) is 15.5. The smallest absolute Gasteiger partial charge is 0.185 e. The van der Waals surface area contributed by atoms with Crippen LogP contribution in [-0.4, -0.2) is 59.5 Å². The lowest BCUT2D eigenvalue weighted by Crippen LogP contribution is -2.38. The highest BCUT2D eigenvalue weighted by molar-refractivity contribution is 7.18. The second kappa shape index (κ2) is 9.83. The first-order valence-corrected chi connectivity index (χ1v) is 11.8. The molecule has 164 valence electrons. The number of anilines is 1. The van der Waals surface area contributed by atoms with Crippen LogP contribution in [0.25, 0.3) is 21.2 Å². The van der Waals surface area contributed by atoms with Crippen molar-refractivity contribution in [2.45, 2.75) is 39.3 Å². The van der Waals surface area contributed by atoms with E-state index in [4.69, 9.17) is 0 Å². The summed E-state index contributed by atoms with van der Waals surface area (Å²) in [6.07, 6.45) is 4.41. The highest BCUT2D eigenvalue weighted by atomic mass is 32.1.